The lowest BCUT2D eigenvalue weighted by Crippen LogP contribution is -2.24. The maximum atomic E-state index is 10.4. The molecular formula is C14H20O. The average Bonchev–Trinajstić information content (AvgIpc) is 2.27. The van der Waals surface area contributed by atoms with Crippen LogP contribution in [0.15, 0.2) is 36.5 Å². The molecule has 15 heavy (non-hydrogen) atoms. The van der Waals surface area contributed by atoms with Gasteiger partial charge in [0.05, 0.1) is 0 Å². The van der Waals surface area contributed by atoms with Gasteiger partial charge in [0, 0.05) is 5.41 Å². The average molecular weight is 204 g/mol. The molecule has 0 saturated carbocycles. The molecule has 2 unspecified atom stereocenters. The summed E-state index contributed by atoms with van der Waals surface area (Å²) in [5.74, 6) is 0.477. The van der Waals surface area contributed by atoms with Crippen molar-refractivity contribution in [3.05, 3.63) is 36.5 Å². The Bertz CT molecular complexity index is 286. The summed E-state index contributed by atoms with van der Waals surface area (Å²) in [7, 11) is 0. The SMILES string of the molecule is CCCCC1(/C=C/C=O)C=CC=CC1C. The lowest BCUT2D eigenvalue weighted by molar-refractivity contribution is -0.104. The normalized spacial score (nSPS) is 29.9. The van der Waals surface area contributed by atoms with Crippen molar-refractivity contribution in [3.63, 3.8) is 0 Å². The Labute approximate surface area is 92.6 Å². The first-order chi connectivity index (χ1) is 7.25. The topological polar surface area (TPSA) is 17.1 Å². The van der Waals surface area contributed by atoms with Crippen molar-refractivity contribution in [2.75, 3.05) is 0 Å². The van der Waals surface area contributed by atoms with Gasteiger partial charge < -0.3 is 0 Å². The van der Waals surface area contributed by atoms with Gasteiger partial charge in [-0.25, -0.2) is 0 Å². The number of carbonyl (C=O) groups excluding carboxylic acids is 1. The molecule has 0 amide bonds. The minimum Gasteiger partial charge on any atom is -0.299 e. The van der Waals surface area contributed by atoms with Crippen LogP contribution in [-0.4, -0.2) is 6.29 Å². The number of rotatable bonds is 5. The van der Waals surface area contributed by atoms with Gasteiger partial charge in [0.1, 0.15) is 6.29 Å². The zero-order valence-corrected chi connectivity index (χ0v) is 9.65. The molecule has 1 aliphatic rings. The van der Waals surface area contributed by atoms with E-state index in [2.05, 4.69) is 44.2 Å². The third kappa shape index (κ3) is 2.92. The summed E-state index contributed by atoms with van der Waals surface area (Å²) >= 11 is 0. The lowest BCUT2D eigenvalue weighted by atomic mass is 9.70. The van der Waals surface area contributed by atoms with E-state index in [1.165, 1.54) is 12.8 Å². The molecule has 1 rings (SSSR count). The van der Waals surface area contributed by atoms with Crippen LogP contribution in [0.3, 0.4) is 0 Å². The molecule has 1 aliphatic carbocycles. The number of unbranched alkanes of at least 4 members (excludes halogenated alkanes) is 1. The van der Waals surface area contributed by atoms with E-state index >= 15 is 0 Å². The van der Waals surface area contributed by atoms with Crippen LogP contribution >= 0.6 is 0 Å². The second-order valence-corrected chi connectivity index (χ2v) is 4.24. The second-order valence-electron chi connectivity index (χ2n) is 4.24. The molecule has 0 fully saturated rings. The fourth-order valence-corrected chi connectivity index (χ4v) is 2.10. The van der Waals surface area contributed by atoms with Crippen LogP contribution < -0.4 is 0 Å². The molecule has 0 aromatic heterocycles. The van der Waals surface area contributed by atoms with Crippen molar-refractivity contribution in [1.82, 2.24) is 0 Å². The number of carbonyl (C=O) groups is 1. The van der Waals surface area contributed by atoms with Gasteiger partial charge in [-0.1, -0.05) is 57.1 Å². The zero-order chi connectivity index (χ0) is 11.1. The maximum absolute atomic E-state index is 10.4. The molecule has 1 heteroatoms. The van der Waals surface area contributed by atoms with E-state index in [0.717, 1.165) is 12.7 Å². The highest BCUT2D eigenvalue weighted by Crippen LogP contribution is 2.39. The third-order valence-electron chi connectivity index (χ3n) is 3.21. The smallest absolute Gasteiger partial charge is 0.142 e. The van der Waals surface area contributed by atoms with E-state index < -0.39 is 0 Å². The largest absolute Gasteiger partial charge is 0.299 e. The van der Waals surface area contributed by atoms with E-state index in [0.29, 0.717) is 5.92 Å². The van der Waals surface area contributed by atoms with Crippen LogP contribution in [0, 0.1) is 11.3 Å². The summed E-state index contributed by atoms with van der Waals surface area (Å²) in [5.41, 5.74) is 0.0612. The fraction of sp³-hybridized carbons (Fsp3) is 0.500. The summed E-state index contributed by atoms with van der Waals surface area (Å²) in [6.45, 7) is 4.41. The highest BCUT2D eigenvalue weighted by atomic mass is 16.1. The highest BCUT2D eigenvalue weighted by molar-refractivity contribution is 5.65. The van der Waals surface area contributed by atoms with Crippen molar-refractivity contribution in [3.8, 4) is 0 Å². The summed E-state index contributed by atoms with van der Waals surface area (Å²) < 4.78 is 0. The van der Waals surface area contributed by atoms with Crippen LogP contribution in [0.1, 0.15) is 33.1 Å². The minimum atomic E-state index is 0.0612. The first kappa shape index (κ1) is 12.0. The Morgan fingerprint density at radius 2 is 2.20 bits per heavy atom. The van der Waals surface area contributed by atoms with Crippen LogP contribution in [0.25, 0.3) is 0 Å². The Balaban J connectivity index is 2.84. The number of allylic oxidation sites excluding steroid dienone is 6. The number of hydrogen-bond donors (Lipinski definition) is 0. The third-order valence-corrected chi connectivity index (χ3v) is 3.21. The van der Waals surface area contributed by atoms with Gasteiger partial charge in [-0.15, -0.1) is 0 Å². The van der Waals surface area contributed by atoms with E-state index in [9.17, 15) is 4.79 Å². The molecule has 1 nitrogen and oxygen atoms in total. The highest BCUT2D eigenvalue weighted by Gasteiger charge is 2.29. The van der Waals surface area contributed by atoms with E-state index in [1.54, 1.807) is 6.08 Å². The summed E-state index contributed by atoms with van der Waals surface area (Å²) in [6.07, 6.45) is 16.7. The molecule has 0 aliphatic heterocycles. The predicted octanol–water partition coefficient (Wildman–Crippen LogP) is 3.68. The Morgan fingerprint density at radius 3 is 2.80 bits per heavy atom. The Hall–Kier alpha value is -1.11. The van der Waals surface area contributed by atoms with Crippen molar-refractivity contribution in [2.24, 2.45) is 11.3 Å². The summed E-state index contributed by atoms with van der Waals surface area (Å²) in [6, 6.07) is 0. The van der Waals surface area contributed by atoms with E-state index in [-0.39, 0.29) is 5.41 Å². The molecule has 0 saturated heterocycles. The van der Waals surface area contributed by atoms with Gasteiger partial charge >= 0.3 is 0 Å². The first-order valence-electron chi connectivity index (χ1n) is 5.74. The van der Waals surface area contributed by atoms with Gasteiger partial charge in [-0.2, -0.15) is 0 Å². The van der Waals surface area contributed by atoms with Gasteiger partial charge in [-0.05, 0) is 18.4 Å². The van der Waals surface area contributed by atoms with Crippen molar-refractivity contribution >= 4 is 6.29 Å². The van der Waals surface area contributed by atoms with Crippen molar-refractivity contribution in [2.45, 2.75) is 33.1 Å². The van der Waals surface area contributed by atoms with Crippen LogP contribution in [0.2, 0.25) is 0 Å². The zero-order valence-electron chi connectivity index (χ0n) is 9.65. The van der Waals surface area contributed by atoms with Crippen LogP contribution in [-0.2, 0) is 4.79 Å². The van der Waals surface area contributed by atoms with Crippen molar-refractivity contribution in [1.29, 1.82) is 0 Å². The van der Waals surface area contributed by atoms with Crippen LogP contribution in [0.5, 0.6) is 0 Å². The lowest BCUT2D eigenvalue weighted by Gasteiger charge is -2.34. The standard InChI is InChI=1S/C14H20O/c1-3-4-9-14(11-7-12-15)10-6-5-8-13(14)2/h5-8,10-13H,3-4,9H2,1-2H3/b11-7+. The Morgan fingerprint density at radius 1 is 1.40 bits per heavy atom. The van der Waals surface area contributed by atoms with E-state index in [1.807, 2.05) is 0 Å². The maximum Gasteiger partial charge on any atom is 0.142 e. The number of aldehydes is 1. The molecule has 0 aromatic carbocycles. The molecule has 0 spiro atoms. The van der Waals surface area contributed by atoms with Crippen LogP contribution in [0.4, 0.5) is 0 Å². The molecular weight excluding hydrogens is 184 g/mol. The molecule has 0 N–H and O–H groups in total. The minimum absolute atomic E-state index is 0.0612. The van der Waals surface area contributed by atoms with Gasteiger partial charge in [0.2, 0.25) is 0 Å². The first-order valence-corrected chi connectivity index (χ1v) is 5.74. The summed E-state index contributed by atoms with van der Waals surface area (Å²) in [5, 5.41) is 0. The van der Waals surface area contributed by atoms with Crippen molar-refractivity contribution < 1.29 is 4.79 Å². The van der Waals surface area contributed by atoms with Gasteiger partial charge in [-0.3, -0.25) is 4.79 Å². The van der Waals surface area contributed by atoms with E-state index in [4.69, 9.17) is 0 Å². The molecule has 0 aromatic rings. The molecule has 0 radical (unpaired) electrons. The number of hydrogen-bond acceptors (Lipinski definition) is 1. The van der Waals surface area contributed by atoms with Gasteiger partial charge in [0.15, 0.2) is 0 Å². The molecule has 0 bridgehead atoms. The molecule has 0 heterocycles. The Kier molecular flexibility index (Phi) is 4.54. The summed E-state index contributed by atoms with van der Waals surface area (Å²) in [4.78, 5) is 10.4. The monoisotopic (exact) mass is 204 g/mol. The molecule has 2 atom stereocenters. The molecule has 82 valence electrons. The second kappa shape index (κ2) is 5.69. The predicted molar refractivity (Wildman–Crippen MR) is 64.6 cm³/mol. The fourth-order valence-electron chi connectivity index (χ4n) is 2.10. The van der Waals surface area contributed by atoms with Gasteiger partial charge in [0.25, 0.3) is 0 Å². The quantitative estimate of drug-likeness (QED) is 0.493.